The molecule has 0 unspecified atom stereocenters. The largest absolute Gasteiger partial charge is 0.296 e. The lowest BCUT2D eigenvalue weighted by atomic mass is 10.1. The van der Waals surface area contributed by atoms with Gasteiger partial charge in [0.2, 0.25) is 11.9 Å². The van der Waals surface area contributed by atoms with Crippen LogP contribution in [0.25, 0.3) is 21.9 Å². The quantitative estimate of drug-likeness (QED) is 0.555. The van der Waals surface area contributed by atoms with Crippen LogP contribution in [0.1, 0.15) is 5.69 Å². The Labute approximate surface area is 164 Å². The molecular formula is C21H17N5O3. The van der Waals surface area contributed by atoms with Crippen molar-refractivity contribution in [1.82, 2.24) is 19.7 Å². The van der Waals surface area contributed by atoms with E-state index < -0.39 is 5.91 Å². The molecule has 8 heteroatoms. The third-order valence-corrected chi connectivity index (χ3v) is 4.50. The van der Waals surface area contributed by atoms with E-state index in [2.05, 4.69) is 20.4 Å². The maximum absolute atomic E-state index is 12.5. The number of aromatic amines is 1. The first-order valence-electron chi connectivity index (χ1n) is 8.92. The Kier molecular flexibility index (Phi) is 4.74. The number of benzene rings is 2. The second kappa shape index (κ2) is 7.51. The SMILES string of the molecule is Cn1nc(CC(=O)Nc2ncc(-c3ccccc3)c(=O)[nH]2)c2ccccc2c1=O. The first-order valence-corrected chi connectivity index (χ1v) is 8.92. The van der Waals surface area contributed by atoms with Gasteiger partial charge in [0.25, 0.3) is 11.1 Å². The molecule has 0 fully saturated rings. The Hall–Kier alpha value is -4.07. The van der Waals surface area contributed by atoms with Gasteiger partial charge in [0.1, 0.15) is 0 Å². The number of anilines is 1. The molecule has 2 N–H and O–H groups in total. The number of carbonyl (C=O) groups excluding carboxylic acids is 1. The molecule has 0 aliphatic carbocycles. The molecule has 29 heavy (non-hydrogen) atoms. The van der Waals surface area contributed by atoms with E-state index >= 15 is 0 Å². The third kappa shape index (κ3) is 3.68. The molecule has 8 nitrogen and oxygen atoms in total. The zero-order chi connectivity index (χ0) is 20.4. The number of nitrogens with zero attached hydrogens (tertiary/aromatic N) is 3. The summed E-state index contributed by atoms with van der Waals surface area (Å²) in [7, 11) is 1.54. The van der Waals surface area contributed by atoms with Gasteiger partial charge in [-0.15, -0.1) is 0 Å². The number of hydrogen-bond acceptors (Lipinski definition) is 5. The lowest BCUT2D eigenvalue weighted by Gasteiger charge is -2.09. The average Bonchev–Trinajstić information content (AvgIpc) is 2.72. The molecule has 0 aliphatic rings. The molecular weight excluding hydrogens is 370 g/mol. The minimum atomic E-state index is -0.406. The van der Waals surface area contributed by atoms with Crippen molar-refractivity contribution in [3.05, 3.63) is 87.2 Å². The monoisotopic (exact) mass is 387 g/mol. The van der Waals surface area contributed by atoms with Crippen LogP contribution in [0.2, 0.25) is 0 Å². The molecule has 1 amide bonds. The number of rotatable bonds is 4. The summed E-state index contributed by atoms with van der Waals surface area (Å²) in [5.74, 6) is -0.356. The summed E-state index contributed by atoms with van der Waals surface area (Å²) in [6, 6.07) is 16.1. The molecule has 2 aromatic carbocycles. The van der Waals surface area contributed by atoms with E-state index in [1.807, 2.05) is 18.2 Å². The second-order valence-electron chi connectivity index (χ2n) is 6.49. The summed E-state index contributed by atoms with van der Waals surface area (Å²) in [6.45, 7) is 0. The van der Waals surface area contributed by atoms with Crippen LogP contribution < -0.4 is 16.4 Å². The molecule has 0 saturated heterocycles. The predicted molar refractivity (Wildman–Crippen MR) is 110 cm³/mol. The third-order valence-electron chi connectivity index (χ3n) is 4.50. The number of nitrogens with one attached hydrogen (secondary N) is 2. The summed E-state index contributed by atoms with van der Waals surface area (Å²) in [6.07, 6.45) is 1.35. The molecule has 0 atom stereocenters. The number of amides is 1. The highest BCUT2D eigenvalue weighted by Crippen LogP contribution is 2.15. The number of aryl methyl sites for hydroxylation is 1. The summed E-state index contributed by atoms with van der Waals surface area (Å²) >= 11 is 0. The number of hydrogen-bond donors (Lipinski definition) is 2. The Bertz CT molecular complexity index is 1330. The van der Waals surface area contributed by atoms with Crippen molar-refractivity contribution in [2.45, 2.75) is 6.42 Å². The van der Waals surface area contributed by atoms with Crippen LogP contribution in [-0.2, 0) is 18.3 Å². The standard InChI is InChI=1S/C21H17N5O3/c1-26-20(29)15-10-6-5-9-14(15)17(25-26)11-18(27)23-21-22-12-16(19(28)24-21)13-7-3-2-4-8-13/h2-10,12H,11H2,1H3,(H2,22,23,24,27,28). The average molecular weight is 387 g/mol. The Morgan fingerprint density at radius 3 is 2.45 bits per heavy atom. The van der Waals surface area contributed by atoms with Gasteiger partial charge >= 0.3 is 0 Å². The normalized spacial score (nSPS) is 10.8. The van der Waals surface area contributed by atoms with E-state index in [0.717, 1.165) is 5.56 Å². The fourth-order valence-electron chi connectivity index (χ4n) is 3.12. The van der Waals surface area contributed by atoms with Crippen LogP contribution in [0, 0.1) is 0 Å². The van der Waals surface area contributed by atoms with Crippen molar-refractivity contribution in [2.75, 3.05) is 5.32 Å². The van der Waals surface area contributed by atoms with Crippen LogP contribution in [-0.4, -0.2) is 25.7 Å². The van der Waals surface area contributed by atoms with Crippen molar-refractivity contribution in [1.29, 1.82) is 0 Å². The lowest BCUT2D eigenvalue weighted by Crippen LogP contribution is -2.25. The van der Waals surface area contributed by atoms with E-state index in [1.165, 1.54) is 17.9 Å². The first-order chi connectivity index (χ1) is 14.0. The van der Waals surface area contributed by atoms with E-state index in [1.54, 1.807) is 36.4 Å². The van der Waals surface area contributed by atoms with Gasteiger partial charge in [0.15, 0.2) is 0 Å². The van der Waals surface area contributed by atoms with Crippen molar-refractivity contribution < 1.29 is 4.79 Å². The van der Waals surface area contributed by atoms with Gasteiger partial charge in [0, 0.05) is 18.6 Å². The van der Waals surface area contributed by atoms with Crippen molar-refractivity contribution in [3.8, 4) is 11.1 Å². The highest BCUT2D eigenvalue weighted by Gasteiger charge is 2.14. The highest BCUT2D eigenvalue weighted by atomic mass is 16.2. The van der Waals surface area contributed by atoms with Gasteiger partial charge in [0.05, 0.1) is 23.1 Å². The zero-order valence-electron chi connectivity index (χ0n) is 15.5. The predicted octanol–water partition coefficient (Wildman–Crippen LogP) is 1.86. The fraction of sp³-hybridized carbons (Fsp3) is 0.0952. The number of carbonyl (C=O) groups is 1. The van der Waals surface area contributed by atoms with E-state index in [0.29, 0.717) is 22.0 Å². The maximum atomic E-state index is 12.5. The molecule has 144 valence electrons. The second-order valence-corrected chi connectivity index (χ2v) is 6.49. The van der Waals surface area contributed by atoms with Crippen molar-refractivity contribution >= 4 is 22.6 Å². The Morgan fingerprint density at radius 1 is 1.03 bits per heavy atom. The van der Waals surface area contributed by atoms with Crippen LogP contribution in [0.15, 0.2) is 70.4 Å². The molecule has 0 saturated carbocycles. The number of H-pyrrole nitrogens is 1. The van der Waals surface area contributed by atoms with Gasteiger partial charge in [-0.3, -0.25) is 24.7 Å². The zero-order valence-corrected chi connectivity index (χ0v) is 15.5. The van der Waals surface area contributed by atoms with E-state index in [-0.39, 0.29) is 23.5 Å². The topological polar surface area (TPSA) is 110 Å². The van der Waals surface area contributed by atoms with Crippen LogP contribution in [0.4, 0.5) is 5.95 Å². The molecule has 4 rings (SSSR count). The molecule has 0 aliphatic heterocycles. The number of fused-ring (bicyclic) bond motifs is 1. The summed E-state index contributed by atoms with van der Waals surface area (Å²) in [5.41, 5.74) is 1.03. The summed E-state index contributed by atoms with van der Waals surface area (Å²) in [5, 5.41) is 7.89. The lowest BCUT2D eigenvalue weighted by molar-refractivity contribution is -0.115. The minimum Gasteiger partial charge on any atom is -0.296 e. The Balaban J connectivity index is 1.58. The van der Waals surface area contributed by atoms with Gasteiger partial charge in [-0.25, -0.2) is 9.67 Å². The molecule has 2 heterocycles. The van der Waals surface area contributed by atoms with Crippen LogP contribution in [0.3, 0.4) is 0 Å². The fourth-order valence-corrected chi connectivity index (χ4v) is 3.12. The van der Waals surface area contributed by atoms with Crippen LogP contribution >= 0.6 is 0 Å². The molecule has 0 spiro atoms. The Morgan fingerprint density at radius 2 is 1.72 bits per heavy atom. The van der Waals surface area contributed by atoms with Gasteiger partial charge < -0.3 is 0 Å². The summed E-state index contributed by atoms with van der Waals surface area (Å²) in [4.78, 5) is 43.7. The molecule has 2 aromatic heterocycles. The molecule has 4 aromatic rings. The number of aromatic nitrogens is 4. The smallest absolute Gasteiger partial charge is 0.274 e. The van der Waals surface area contributed by atoms with Crippen LogP contribution in [0.5, 0.6) is 0 Å². The molecule has 0 bridgehead atoms. The highest BCUT2D eigenvalue weighted by molar-refractivity contribution is 5.94. The first kappa shape index (κ1) is 18.3. The van der Waals surface area contributed by atoms with Crippen molar-refractivity contribution in [3.63, 3.8) is 0 Å². The van der Waals surface area contributed by atoms with E-state index in [4.69, 9.17) is 0 Å². The van der Waals surface area contributed by atoms with Crippen molar-refractivity contribution in [2.24, 2.45) is 7.05 Å². The maximum Gasteiger partial charge on any atom is 0.274 e. The summed E-state index contributed by atoms with van der Waals surface area (Å²) < 4.78 is 1.21. The van der Waals surface area contributed by atoms with E-state index in [9.17, 15) is 14.4 Å². The van der Waals surface area contributed by atoms with Gasteiger partial charge in [-0.05, 0) is 11.6 Å². The molecule has 0 radical (unpaired) electrons. The van der Waals surface area contributed by atoms with Gasteiger partial charge in [-0.1, -0.05) is 48.5 Å². The minimum absolute atomic E-state index is 0.0498. The van der Waals surface area contributed by atoms with Gasteiger partial charge in [-0.2, -0.15) is 5.10 Å².